The molecule has 1 atom stereocenters. The van der Waals surface area contributed by atoms with Crippen molar-refractivity contribution < 1.29 is 0 Å². The van der Waals surface area contributed by atoms with Gasteiger partial charge in [-0.15, -0.1) is 0 Å². The average molecular weight is 176 g/mol. The largest absolute Gasteiger partial charge is 0.330 e. The van der Waals surface area contributed by atoms with E-state index in [1.54, 1.807) is 10.7 Å². The van der Waals surface area contributed by atoms with E-state index >= 15 is 0 Å². The summed E-state index contributed by atoms with van der Waals surface area (Å²) in [6.45, 7) is 2.70. The molecule has 4 heteroatoms. The van der Waals surface area contributed by atoms with Crippen LogP contribution in [0.2, 0.25) is 0 Å². The Labute approximate surface area is 76.4 Å². The molecule has 2 N–H and O–H groups in total. The predicted molar refractivity (Wildman–Crippen MR) is 50.5 cm³/mol. The SMILES string of the molecule is CC(CN)c1cnn2cccnc12. The third-order valence-corrected chi connectivity index (χ3v) is 2.19. The van der Waals surface area contributed by atoms with E-state index in [9.17, 15) is 0 Å². The maximum absolute atomic E-state index is 5.59. The second kappa shape index (κ2) is 3.14. The molecule has 2 aromatic rings. The molecule has 0 aromatic carbocycles. The Hall–Kier alpha value is -1.42. The van der Waals surface area contributed by atoms with E-state index < -0.39 is 0 Å². The molecule has 0 fully saturated rings. The second-order valence-corrected chi connectivity index (χ2v) is 3.12. The Bertz CT molecular complexity index is 407. The lowest BCUT2D eigenvalue weighted by molar-refractivity contribution is 0.778. The van der Waals surface area contributed by atoms with Crippen LogP contribution in [0.15, 0.2) is 24.7 Å². The Morgan fingerprint density at radius 1 is 1.62 bits per heavy atom. The zero-order valence-electron chi connectivity index (χ0n) is 7.51. The van der Waals surface area contributed by atoms with Gasteiger partial charge in [-0.05, 0) is 18.5 Å². The van der Waals surface area contributed by atoms with Crippen molar-refractivity contribution in [2.75, 3.05) is 6.54 Å². The predicted octanol–water partition coefficient (Wildman–Crippen LogP) is 0.791. The summed E-state index contributed by atoms with van der Waals surface area (Å²) in [4.78, 5) is 4.26. The van der Waals surface area contributed by atoms with Crippen molar-refractivity contribution >= 4 is 5.65 Å². The molecule has 13 heavy (non-hydrogen) atoms. The number of rotatable bonds is 2. The quantitative estimate of drug-likeness (QED) is 0.736. The summed E-state index contributed by atoms with van der Waals surface area (Å²) in [6.07, 6.45) is 5.48. The molecule has 0 radical (unpaired) electrons. The van der Waals surface area contributed by atoms with E-state index in [0.717, 1.165) is 11.2 Å². The molecule has 0 bridgehead atoms. The number of hydrogen-bond acceptors (Lipinski definition) is 3. The lowest BCUT2D eigenvalue weighted by Gasteiger charge is -2.04. The highest BCUT2D eigenvalue weighted by atomic mass is 15.2. The van der Waals surface area contributed by atoms with Gasteiger partial charge >= 0.3 is 0 Å². The van der Waals surface area contributed by atoms with E-state index in [-0.39, 0.29) is 0 Å². The zero-order valence-corrected chi connectivity index (χ0v) is 7.51. The van der Waals surface area contributed by atoms with Gasteiger partial charge in [0.1, 0.15) is 0 Å². The summed E-state index contributed by atoms with van der Waals surface area (Å²) in [5, 5.41) is 4.19. The van der Waals surface area contributed by atoms with Crippen LogP contribution in [0.25, 0.3) is 5.65 Å². The van der Waals surface area contributed by atoms with Crippen LogP contribution in [0.5, 0.6) is 0 Å². The van der Waals surface area contributed by atoms with Crippen molar-refractivity contribution in [2.24, 2.45) is 5.73 Å². The van der Waals surface area contributed by atoms with E-state index in [2.05, 4.69) is 17.0 Å². The van der Waals surface area contributed by atoms with Gasteiger partial charge in [-0.2, -0.15) is 5.10 Å². The molecule has 2 aromatic heterocycles. The monoisotopic (exact) mass is 176 g/mol. The first-order chi connectivity index (χ1) is 6.33. The molecule has 4 nitrogen and oxygen atoms in total. The first-order valence-corrected chi connectivity index (χ1v) is 4.31. The lowest BCUT2D eigenvalue weighted by atomic mass is 10.1. The van der Waals surface area contributed by atoms with Crippen LogP contribution in [0.3, 0.4) is 0 Å². The highest BCUT2D eigenvalue weighted by Crippen LogP contribution is 2.17. The van der Waals surface area contributed by atoms with Crippen LogP contribution in [-0.2, 0) is 0 Å². The molecule has 0 spiro atoms. The van der Waals surface area contributed by atoms with Gasteiger partial charge in [0, 0.05) is 18.0 Å². The fraction of sp³-hybridized carbons (Fsp3) is 0.333. The van der Waals surface area contributed by atoms with Crippen molar-refractivity contribution in [1.82, 2.24) is 14.6 Å². The minimum Gasteiger partial charge on any atom is -0.330 e. The summed E-state index contributed by atoms with van der Waals surface area (Å²) >= 11 is 0. The number of fused-ring (bicyclic) bond motifs is 1. The summed E-state index contributed by atoms with van der Waals surface area (Å²) in [5.41, 5.74) is 7.61. The number of nitrogens with zero attached hydrogens (tertiary/aromatic N) is 3. The average Bonchev–Trinajstić information content (AvgIpc) is 2.60. The highest BCUT2D eigenvalue weighted by molar-refractivity contribution is 5.47. The smallest absolute Gasteiger partial charge is 0.158 e. The lowest BCUT2D eigenvalue weighted by Crippen LogP contribution is -2.08. The van der Waals surface area contributed by atoms with Gasteiger partial charge in [-0.1, -0.05) is 6.92 Å². The molecule has 0 aliphatic rings. The molecule has 2 heterocycles. The molecular formula is C9H12N4. The highest BCUT2D eigenvalue weighted by Gasteiger charge is 2.10. The van der Waals surface area contributed by atoms with Crippen molar-refractivity contribution in [3.05, 3.63) is 30.2 Å². The Kier molecular flexibility index (Phi) is 1.98. The Morgan fingerprint density at radius 2 is 2.46 bits per heavy atom. The molecule has 0 saturated carbocycles. The molecule has 0 aliphatic carbocycles. The van der Waals surface area contributed by atoms with Crippen LogP contribution >= 0.6 is 0 Å². The normalized spacial score (nSPS) is 13.4. The zero-order chi connectivity index (χ0) is 9.26. The van der Waals surface area contributed by atoms with E-state index in [4.69, 9.17) is 5.73 Å². The number of nitrogens with two attached hydrogens (primary N) is 1. The summed E-state index contributed by atoms with van der Waals surface area (Å²) in [5.74, 6) is 0.312. The van der Waals surface area contributed by atoms with Gasteiger partial charge in [0.05, 0.1) is 6.20 Å². The maximum atomic E-state index is 5.59. The molecule has 1 unspecified atom stereocenters. The van der Waals surface area contributed by atoms with Gasteiger partial charge in [-0.25, -0.2) is 9.50 Å². The van der Waals surface area contributed by atoms with Crippen molar-refractivity contribution in [2.45, 2.75) is 12.8 Å². The summed E-state index contributed by atoms with van der Waals surface area (Å²) < 4.78 is 1.77. The standard InChI is InChI=1S/C9H12N4/c1-7(5-10)8-6-12-13-4-2-3-11-9(8)13/h2-4,6-7H,5,10H2,1H3. The van der Waals surface area contributed by atoms with Crippen molar-refractivity contribution in [3.63, 3.8) is 0 Å². The van der Waals surface area contributed by atoms with Crippen LogP contribution in [-0.4, -0.2) is 21.1 Å². The Morgan fingerprint density at radius 3 is 3.23 bits per heavy atom. The minimum atomic E-state index is 0.312. The van der Waals surface area contributed by atoms with Gasteiger partial charge in [0.2, 0.25) is 0 Å². The van der Waals surface area contributed by atoms with E-state index in [1.807, 2.05) is 18.5 Å². The van der Waals surface area contributed by atoms with E-state index in [0.29, 0.717) is 12.5 Å². The third kappa shape index (κ3) is 1.29. The summed E-state index contributed by atoms with van der Waals surface area (Å²) in [6, 6.07) is 1.86. The van der Waals surface area contributed by atoms with Gasteiger partial charge < -0.3 is 5.73 Å². The van der Waals surface area contributed by atoms with Gasteiger partial charge in [-0.3, -0.25) is 0 Å². The van der Waals surface area contributed by atoms with Crippen LogP contribution in [0.4, 0.5) is 0 Å². The first-order valence-electron chi connectivity index (χ1n) is 4.31. The fourth-order valence-electron chi connectivity index (χ4n) is 1.32. The Balaban J connectivity index is 2.57. The molecule has 0 aliphatic heterocycles. The number of aromatic nitrogens is 3. The van der Waals surface area contributed by atoms with Crippen LogP contribution < -0.4 is 5.73 Å². The molecule has 0 amide bonds. The topological polar surface area (TPSA) is 56.2 Å². The first kappa shape index (κ1) is 8.19. The molecule has 2 rings (SSSR count). The molecular weight excluding hydrogens is 164 g/mol. The third-order valence-electron chi connectivity index (χ3n) is 2.19. The summed E-state index contributed by atoms with van der Waals surface area (Å²) in [7, 11) is 0. The maximum Gasteiger partial charge on any atom is 0.158 e. The van der Waals surface area contributed by atoms with E-state index in [1.165, 1.54) is 0 Å². The van der Waals surface area contributed by atoms with Crippen LogP contribution in [0.1, 0.15) is 18.4 Å². The van der Waals surface area contributed by atoms with Crippen molar-refractivity contribution in [1.29, 1.82) is 0 Å². The molecule has 68 valence electrons. The minimum absolute atomic E-state index is 0.312. The molecule has 0 saturated heterocycles. The van der Waals surface area contributed by atoms with Crippen LogP contribution in [0, 0.1) is 0 Å². The second-order valence-electron chi connectivity index (χ2n) is 3.12. The van der Waals surface area contributed by atoms with Gasteiger partial charge in [0.25, 0.3) is 0 Å². The fourth-order valence-corrected chi connectivity index (χ4v) is 1.32. The van der Waals surface area contributed by atoms with Crippen molar-refractivity contribution in [3.8, 4) is 0 Å². The number of hydrogen-bond donors (Lipinski definition) is 1. The van der Waals surface area contributed by atoms with Gasteiger partial charge in [0.15, 0.2) is 5.65 Å².